The van der Waals surface area contributed by atoms with Crippen LogP contribution in [-0.2, 0) is 26.2 Å². The van der Waals surface area contributed by atoms with Crippen molar-refractivity contribution < 1.29 is 23.1 Å². The minimum Gasteiger partial charge on any atom is -0.545 e. The summed E-state index contributed by atoms with van der Waals surface area (Å²) < 4.78 is 29.3. The van der Waals surface area contributed by atoms with Crippen molar-refractivity contribution in [1.29, 1.82) is 0 Å². The van der Waals surface area contributed by atoms with Crippen molar-refractivity contribution in [2.45, 2.75) is 30.6 Å². The molecule has 2 aliphatic rings. The smallest absolute Gasteiger partial charge is 0.219 e. The number of likely N-dealkylation sites (tertiary alicyclic amines) is 1. The fourth-order valence-electron chi connectivity index (χ4n) is 4.66. The van der Waals surface area contributed by atoms with Gasteiger partial charge < -0.3 is 19.5 Å². The largest absolute Gasteiger partial charge is 0.545 e. The van der Waals surface area contributed by atoms with E-state index in [1.807, 2.05) is 42.5 Å². The SMILES string of the molecule is NS(=O)(=O)C1C=CC(c2ccc(C3CCN(CCOCc4ccccc4)CC3)cc2)=C1C(=O)[O-]. The number of carbonyl (C=O) groups excluding carboxylic acids is 1. The van der Waals surface area contributed by atoms with Crippen LogP contribution < -0.4 is 10.2 Å². The van der Waals surface area contributed by atoms with E-state index >= 15 is 0 Å². The molecule has 0 amide bonds. The highest BCUT2D eigenvalue weighted by atomic mass is 32.2. The van der Waals surface area contributed by atoms with Gasteiger partial charge in [0.1, 0.15) is 5.25 Å². The number of rotatable bonds is 9. The van der Waals surface area contributed by atoms with E-state index in [0.29, 0.717) is 30.3 Å². The lowest BCUT2D eigenvalue weighted by Gasteiger charge is -2.32. The van der Waals surface area contributed by atoms with Gasteiger partial charge in [0, 0.05) is 12.1 Å². The number of carboxylic acid groups (broad SMARTS) is 1. The molecule has 1 fully saturated rings. The third-order valence-electron chi connectivity index (χ3n) is 6.53. The normalized spacial score (nSPS) is 19.6. The number of nitrogens with zero attached hydrogens (tertiary/aromatic N) is 1. The van der Waals surface area contributed by atoms with Crippen LogP contribution in [0.3, 0.4) is 0 Å². The molecule has 1 atom stereocenters. The van der Waals surface area contributed by atoms with Crippen LogP contribution >= 0.6 is 0 Å². The number of sulfonamides is 1. The highest BCUT2D eigenvalue weighted by molar-refractivity contribution is 7.90. The molecule has 0 bridgehead atoms. The van der Waals surface area contributed by atoms with E-state index in [0.717, 1.165) is 32.5 Å². The predicted molar refractivity (Wildman–Crippen MR) is 129 cm³/mol. The number of hydrogen-bond donors (Lipinski definition) is 1. The van der Waals surface area contributed by atoms with Gasteiger partial charge in [-0.15, -0.1) is 0 Å². The van der Waals surface area contributed by atoms with Gasteiger partial charge in [0.25, 0.3) is 0 Å². The molecule has 34 heavy (non-hydrogen) atoms. The Bertz CT molecular complexity index is 1170. The quantitative estimate of drug-likeness (QED) is 0.547. The third-order valence-corrected chi connectivity index (χ3v) is 7.63. The van der Waals surface area contributed by atoms with Gasteiger partial charge in [-0.1, -0.05) is 66.7 Å². The zero-order chi connectivity index (χ0) is 24.1. The number of hydrogen-bond acceptors (Lipinski definition) is 6. The average Bonchev–Trinajstić information content (AvgIpc) is 3.30. The maximum absolute atomic E-state index is 11.7. The van der Waals surface area contributed by atoms with Crippen LogP contribution in [0.4, 0.5) is 0 Å². The van der Waals surface area contributed by atoms with Crippen molar-refractivity contribution in [3.8, 4) is 0 Å². The highest BCUT2D eigenvalue weighted by Crippen LogP contribution is 2.33. The maximum Gasteiger partial charge on any atom is 0.219 e. The molecule has 1 unspecified atom stereocenters. The van der Waals surface area contributed by atoms with Crippen LogP contribution in [-0.4, -0.2) is 50.8 Å². The first kappa shape index (κ1) is 24.3. The van der Waals surface area contributed by atoms with Crippen molar-refractivity contribution >= 4 is 21.6 Å². The monoisotopic (exact) mass is 481 g/mol. The molecule has 2 N–H and O–H groups in total. The van der Waals surface area contributed by atoms with Gasteiger partial charge in [-0.05, 0) is 54.1 Å². The number of piperidine rings is 1. The van der Waals surface area contributed by atoms with Crippen LogP contribution in [0, 0.1) is 0 Å². The molecule has 0 spiro atoms. The van der Waals surface area contributed by atoms with Crippen LogP contribution in [0.25, 0.3) is 5.57 Å². The highest BCUT2D eigenvalue weighted by Gasteiger charge is 2.31. The summed E-state index contributed by atoms with van der Waals surface area (Å²) in [5, 5.41) is 15.4. The van der Waals surface area contributed by atoms with Crippen molar-refractivity contribution in [2.75, 3.05) is 26.2 Å². The van der Waals surface area contributed by atoms with Crippen molar-refractivity contribution in [2.24, 2.45) is 5.14 Å². The fourth-order valence-corrected chi connectivity index (χ4v) is 5.51. The zero-order valence-electron chi connectivity index (χ0n) is 18.9. The van der Waals surface area contributed by atoms with E-state index in [1.54, 1.807) is 0 Å². The van der Waals surface area contributed by atoms with Gasteiger partial charge in [0.2, 0.25) is 10.0 Å². The van der Waals surface area contributed by atoms with Gasteiger partial charge in [-0.2, -0.15) is 0 Å². The average molecular weight is 482 g/mol. The molecule has 7 nitrogen and oxygen atoms in total. The van der Waals surface area contributed by atoms with E-state index in [4.69, 9.17) is 9.88 Å². The lowest BCUT2D eigenvalue weighted by atomic mass is 9.88. The lowest BCUT2D eigenvalue weighted by molar-refractivity contribution is -0.299. The molecule has 4 rings (SSSR count). The van der Waals surface area contributed by atoms with E-state index in [2.05, 4.69) is 17.0 Å². The molecule has 0 saturated carbocycles. The van der Waals surface area contributed by atoms with E-state index in [9.17, 15) is 18.3 Å². The predicted octanol–water partition coefficient (Wildman–Crippen LogP) is 1.81. The number of allylic oxidation sites excluding steroid dienone is 2. The summed E-state index contributed by atoms with van der Waals surface area (Å²) in [6.07, 6.45) is 4.87. The van der Waals surface area contributed by atoms with E-state index < -0.39 is 21.2 Å². The molecule has 1 saturated heterocycles. The van der Waals surface area contributed by atoms with Crippen LogP contribution in [0.5, 0.6) is 0 Å². The second kappa shape index (κ2) is 10.7. The molecular formula is C26H29N2O5S-. The number of primary sulfonamides is 1. The third kappa shape index (κ3) is 5.82. The number of benzene rings is 2. The number of nitrogens with two attached hydrogens (primary N) is 1. The van der Waals surface area contributed by atoms with Crippen molar-refractivity contribution in [3.05, 3.63) is 89.0 Å². The number of carboxylic acids is 1. The Balaban J connectivity index is 1.31. The Morgan fingerprint density at radius 1 is 1.06 bits per heavy atom. The summed E-state index contributed by atoms with van der Waals surface area (Å²) in [6.45, 7) is 4.25. The molecule has 0 aromatic heterocycles. The maximum atomic E-state index is 11.7. The lowest BCUT2D eigenvalue weighted by Crippen LogP contribution is -2.36. The summed E-state index contributed by atoms with van der Waals surface area (Å²) in [5.41, 5.74) is 3.04. The first-order valence-corrected chi connectivity index (χ1v) is 13.0. The number of aliphatic carboxylic acids is 1. The van der Waals surface area contributed by atoms with Gasteiger partial charge in [-0.3, -0.25) is 0 Å². The van der Waals surface area contributed by atoms with Crippen molar-refractivity contribution in [3.63, 3.8) is 0 Å². The molecule has 1 aliphatic carbocycles. The Labute approximate surface area is 200 Å². The number of carbonyl (C=O) groups is 1. The summed E-state index contributed by atoms with van der Waals surface area (Å²) in [5.74, 6) is -1.09. The molecule has 8 heteroatoms. The van der Waals surface area contributed by atoms with E-state index in [-0.39, 0.29) is 5.57 Å². The summed E-state index contributed by atoms with van der Waals surface area (Å²) in [6, 6.07) is 17.8. The zero-order valence-corrected chi connectivity index (χ0v) is 19.7. The van der Waals surface area contributed by atoms with Crippen LogP contribution in [0.15, 0.2) is 72.3 Å². The Hall–Kier alpha value is -2.78. The molecule has 2 aromatic carbocycles. The number of ether oxygens (including phenoxy) is 1. The summed E-state index contributed by atoms with van der Waals surface area (Å²) in [4.78, 5) is 14.0. The van der Waals surface area contributed by atoms with E-state index in [1.165, 1.54) is 23.3 Å². The second-order valence-electron chi connectivity index (χ2n) is 8.76. The molecule has 2 aromatic rings. The van der Waals surface area contributed by atoms with Gasteiger partial charge >= 0.3 is 0 Å². The first-order valence-electron chi connectivity index (χ1n) is 11.4. The molecule has 180 valence electrons. The molecule has 1 heterocycles. The van der Waals surface area contributed by atoms with Crippen LogP contribution in [0.2, 0.25) is 0 Å². The summed E-state index contributed by atoms with van der Waals surface area (Å²) >= 11 is 0. The fraction of sp³-hybridized carbons (Fsp3) is 0.346. The molecule has 0 radical (unpaired) electrons. The van der Waals surface area contributed by atoms with Crippen molar-refractivity contribution in [1.82, 2.24) is 4.90 Å². The minimum atomic E-state index is -4.07. The van der Waals surface area contributed by atoms with Gasteiger partial charge in [0.05, 0.1) is 19.2 Å². The minimum absolute atomic E-state index is 0.307. The van der Waals surface area contributed by atoms with Gasteiger partial charge in [-0.25, -0.2) is 13.6 Å². The standard InChI is InChI=1S/C26H30N2O5S/c27-34(31,32)24-11-10-23(25(24)26(29)30)22-8-6-20(7-9-22)21-12-14-28(15-13-21)16-17-33-18-19-4-2-1-3-5-19/h1-11,21,24H,12-18H2,(H,29,30)(H2,27,31,32)/p-1. The molecule has 1 aliphatic heterocycles. The topological polar surface area (TPSA) is 113 Å². The molecular weight excluding hydrogens is 452 g/mol. The Morgan fingerprint density at radius 2 is 1.74 bits per heavy atom. The second-order valence-corrected chi connectivity index (χ2v) is 10.4. The summed E-state index contributed by atoms with van der Waals surface area (Å²) in [7, 11) is -4.07. The van der Waals surface area contributed by atoms with Crippen LogP contribution in [0.1, 0.15) is 35.4 Å². The Morgan fingerprint density at radius 3 is 2.35 bits per heavy atom. The Kier molecular flexibility index (Phi) is 7.63. The van der Waals surface area contributed by atoms with Gasteiger partial charge in [0.15, 0.2) is 0 Å². The first-order chi connectivity index (χ1) is 16.3.